The number of nitrogens with one attached hydrogen (secondary N) is 1. The third-order valence-electron chi connectivity index (χ3n) is 6.42. The molecule has 1 amide bonds. The van der Waals surface area contributed by atoms with Crippen molar-refractivity contribution in [1.82, 2.24) is 15.1 Å². The van der Waals surface area contributed by atoms with Gasteiger partial charge in [0.25, 0.3) is 0 Å². The fraction of sp³-hybridized carbons (Fsp3) is 0.667. The third kappa shape index (κ3) is 7.01. The topological polar surface area (TPSA) is 74.0 Å². The second-order valence-corrected chi connectivity index (χ2v) is 8.75. The van der Waals surface area contributed by atoms with Gasteiger partial charge in [-0.1, -0.05) is 30.3 Å². The van der Waals surface area contributed by atoms with E-state index in [1.54, 1.807) is 0 Å². The molecule has 2 fully saturated rings. The Kier molecular flexibility index (Phi) is 9.00. The van der Waals surface area contributed by atoms with Crippen LogP contribution in [0.1, 0.15) is 44.6 Å². The number of primary amides is 1. The number of nitrogens with two attached hydrogens (primary N) is 1. The third-order valence-corrected chi connectivity index (χ3v) is 6.42. The van der Waals surface area contributed by atoms with Gasteiger partial charge in [0.15, 0.2) is 5.96 Å². The maximum absolute atomic E-state index is 11.3. The first-order chi connectivity index (χ1) is 14.7. The Morgan fingerprint density at radius 3 is 2.60 bits per heavy atom. The minimum atomic E-state index is -0.132. The molecule has 6 nitrogen and oxygen atoms in total. The number of carbonyl (C=O) groups excluding carboxylic acids is 1. The molecule has 3 N–H and O–H groups in total. The predicted molar refractivity (Wildman–Crippen MR) is 123 cm³/mol. The maximum Gasteiger partial charge on any atom is 0.220 e. The van der Waals surface area contributed by atoms with Crippen LogP contribution in [0.2, 0.25) is 0 Å². The van der Waals surface area contributed by atoms with Gasteiger partial charge >= 0.3 is 0 Å². The van der Waals surface area contributed by atoms with Gasteiger partial charge in [0.2, 0.25) is 5.91 Å². The Labute approximate surface area is 181 Å². The van der Waals surface area contributed by atoms with Gasteiger partial charge in [0.1, 0.15) is 0 Å². The number of hydrogen-bond acceptors (Lipinski definition) is 3. The van der Waals surface area contributed by atoms with Crippen LogP contribution in [0.5, 0.6) is 0 Å². The van der Waals surface area contributed by atoms with E-state index in [2.05, 4.69) is 52.4 Å². The number of unbranched alkanes of at least 4 members (excludes halogenated alkanes) is 1. The number of nitrogens with zero attached hydrogens (tertiary/aromatic N) is 3. The first kappa shape index (κ1) is 22.6. The average molecular weight is 414 g/mol. The van der Waals surface area contributed by atoms with Gasteiger partial charge < -0.3 is 20.9 Å². The van der Waals surface area contributed by atoms with Crippen molar-refractivity contribution in [3.63, 3.8) is 0 Å². The van der Waals surface area contributed by atoms with E-state index in [0.29, 0.717) is 5.92 Å². The quantitative estimate of drug-likeness (QED) is 0.371. The molecule has 1 atom stereocenters. The molecule has 0 aromatic heterocycles. The molecule has 2 saturated heterocycles. The molecular weight excluding hydrogens is 374 g/mol. The molecule has 1 aromatic carbocycles. The van der Waals surface area contributed by atoms with Crippen molar-refractivity contribution in [2.45, 2.75) is 45.4 Å². The lowest BCUT2D eigenvalue weighted by atomic mass is 9.96. The van der Waals surface area contributed by atoms with E-state index in [0.717, 1.165) is 83.9 Å². The summed E-state index contributed by atoms with van der Waals surface area (Å²) in [5, 5.41) is 3.49. The lowest BCUT2D eigenvalue weighted by Gasteiger charge is -2.30. The molecule has 2 aliphatic heterocycles. The average Bonchev–Trinajstić information content (AvgIpc) is 3.22. The largest absolute Gasteiger partial charge is 0.369 e. The zero-order valence-corrected chi connectivity index (χ0v) is 18.6. The molecule has 0 spiro atoms. The SMILES string of the molecule is CCNC(=NCCCCN1CCC(C(N)=O)CC1)N1CCC(Cc2ccccc2)C1. The van der Waals surface area contributed by atoms with Crippen molar-refractivity contribution in [1.29, 1.82) is 0 Å². The number of carbonyl (C=O) groups is 1. The van der Waals surface area contributed by atoms with Gasteiger partial charge in [-0.15, -0.1) is 0 Å². The highest BCUT2D eigenvalue weighted by Crippen LogP contribution is 2.21. The van der Waals surface area contributed by atoms with Crippen LogP contribution in [0.15, 0.2) is 35.3 Å². The van der Waals surface area contributed by atoms with E-state index in [-0.39, 0.29) is 11.8 Å². The number of amides is 1. The molecule has 0 radical (unpaired) electrons. The summed E-state index contributed by atoms with van der Waals surface area (Å²) in [7, 11) is 0. The highest BCUT2D eigenvalue weighted by Gasteiger charge is 2.25. The van der Waals surface area contributed by atoms with Crippen molar-refractivity contribution in [2.75, 3.05) is 45.8 Å². The Morgan fingerprint density at radius 2 is 1.90 bits per heavy atom. The molecule has 0 bridgehead atoms. The van der Waals surface area contributed by atoms with E-state index < -0.39 is 0 Å². The molecule has 1 unspecified atom stereocenters. The monoisotopic (exact) mass is 413 g/mol. The summed E-state index contributed by atoms with van der Waals surface area (Å²) < 4.78 is 0. The smallest absolute Gasteiger partial charge is 0.220 e. The number of guanidine groups is 1. The first-order valence-electron chi connectivity index (χ1n) is 11.7. The lowest BCUT2D eigenvalue weighted by molar-refractivity contribution is -0.123. The number of aliphatic imine (C=N–C) groups is 1. The molecule has 2 aliphatic rings. The van der Waals surface area contributed by atoms with E-state index in [1.807, 2.05) is 0 Å². The molecule has 166 valence electrons. The van der Waals surface area contributed by atoms with E-state index in [4.69, 9.17) is 10.7 Å². The second kappa shape index (κ2) is 11.9. The van der Waals surface area contributed by atoms with Gasteiger partial charge in [-0.2, -0.15) is 0 Å². The maximum atomic E-state index is 11.3. The number of hydrogen-bond donors (Lipinski definition) is 2. The minimum absolute atomic E-state index is 0.0831. The van der Waals surface area contributed by atoms with Gasteiger partial charge in [-0.25, -0.2) is 0 Å². The van der Waals surface area contributed by atoms with Crippen LogP contribution in [0.25, 0.3) is 0 Å². The molecule has 2 heterocycles. The van der Waals surface area contributed by atoms with Crippen molar-refractivity contribution >= 4 is 11.9 Å². The van der Waals surface area contributed by atoms with Gasteiger partial charge in [0.05, 0.1) is 0 Å². The molecule has 0 aliphatic carbocycles. The Hall–Kier alpha value is -2.08. The standard InChI is InChI=1S/C24H39N5O/c1-2-26-24(29-17-10-21(19-29)18-20-8-4-3-5-9-20)27-13-6-7-14-28-15-11-22(12-16-28)23(25)30/h3-5,8-9,21-22H,2,6-7,10-19H2,1H3,(H2,25,30)(H,26,27). The minimum Gasteiger partial charge on any atom is -0.369 e. The summed E-state index contributed by atoms with van der Waals surface area (Å²) in [6, 6.07) is 10.8. The van der Waals surface area contributed by atoms with Crippen LogP contribution in [-0.2, 0) is 11.2 Å². The van der Waals surface area contributed by atoms with Crippen molar-refractivity contribution < 1.29 is 4.79 Å². The molecule has 3 rings (SSSR count). The molecule has 30 heavy (non-hydrogen) atoms. The molecule has 6 heteroatoms. The molecule has 0 saturated carbocycles. The Bertz CT molecular complexity index is 669. The van der Waals surface area contributed by atoms with E-state index in [9.17, 15) is 4.79 Å². The van der Waals surface area contributed by atoms with Crippen molar-refractivity contribution in [3.8, 4) is 0 Å². The van der Waals surface area contributed by atoms with Crippen LogP contribution in [0.3, 0.4) is 0 Å². The Morgan fingerprint density at radius 1 is 1.13 bits per heavy atom. The van der Waals surface area contributed by atoms with Crippen LogP contribution in [-0.4, -0.2) is 67.5 Å². The number of benzene rings is 1. The fourth-order valence-electron chi connectivity index (χ4n) is 4.64. The number of likely N-dealkylation sites (tertiary alicyclic amines) is 2. The zero-order chi connectivity index (χ0) is 21.2. The highest BCUT2D eigenvalue weighted by atomic mass is 16.1. The highest BCUT2D eigenvalue weighted by molar-refractivity contribution is 5.80. The number of piperidine rings is 1. The van der Waals surface area contributed by atoms with Crippen LogP contribution >= 0.6 is 0 Å². The summed E-state index contributed by atoms with van der Waals surface area (Å²) in [5.41, 5.74) is 6.86. The molecule has 1 aromatic rings. The van der Waals surface area contributed by atoms with Gasteiger partial charge in [0, 0.05) is 32.1 Å². The first-order valence-corrected chi connectivity index (χ1v) is 11.7. The summed E-state index contributed by atoms with van der Waals surface area (Å²) in [6.07, 6.45) is 6.48. The second-order valence-electron chi connectivity index (χ2n) is 8.75. The van der Waals surface area contributed by atoms with Crippen LogP contribution < -0.4 is 11.1 Å². The van der Waals surface area contributed by atoms with Gasteiger partial charge in [-0.05, 0) is 76.6 Å². The van der Waals surface area contributed by atoms with E-state index >= 15 is 0 Å². The lowest BCUT2D eigenvalue weighted by Crippen LogP contribution is -2.40. The van der Waals surface area contributed by atoms with Crippen molar-refractivity contribution in [3.05, 3.63) is 35.9 Å². The fourth-order valence-corrected chi connectivity index (χ4v) is 4.64. The Balaban J connectivity index is 1.37. The van der Waals surface area contributed by atoms with Crippen LogP contribution in [0, 0.1) is 11.8 Å². The van der Waals surface area contributed by atoms with Crippen LogP contribution in [0.4, 0.5) is 0 Å². The van der Waals surface area contributed by atoms with E-state index in [1.165, 1.54) is 12.0 Å². The summed E-state index contributed by atoms with van der Waals surface area (Å²) in [4.78, 5) is 21.1. The molecular formula is C24H39N5O. The normalized spacial score (nSPS) is 21.2. The summed E-state index contributed by atoms with van der Waals surface area (Å²) >= 11 is 0. The summed E-state index contributed by atoms with van der Waals surface area (Å²) in [5.74, 6) is 1.74. The number of rotatable bonds is 9. The van der Waals surface area contributed by atoms with Gasteiger partial charge in [-0.3, -0.25) is 9.79 Å². The zero-order valence-electron chi connectivity index (χ0n) is 18.6. The summed E-state index contributed by atoms with van der Waals surface area (Å²) in [6.45, 7) is 9.20. The predicted octanol–water partition coefficient (Wildman–Crippen LogP) is 2.49. The van der Waals surface area contributed by atoms with Crippen molar-refractivity contribution in [2.24, 2.45) is 22.6 Å².